The molecule has 1 saturated carbocycles. The van der Waals surface area contributed by atoms with Gasteiger partial charge in [-0.25, -0.2) is 0 Å². The van der Waals surface area contributed by atoms with E-state index in [2.05, 4.69) is 25.8 Å². The molecule has 1 aliphatic carbocycles. The summed E-state index contributed by atoms with van der Waals surface area (Å²) in [6, 6.07) is 0. The van der Waals surface area contributed by atoms with Crippen LogP contribution in [0.4, 0.5) is 0 Å². The number of hydrogen-bond acceptors (Lipinski definition) is 2. The Labute approximate surface area is 93.1 Å². The molecule has 0 saturated heterocycles. The van der Waals surface area contributed by atoms with Crippen molar-refractivity contribution in [3.63, 3.8) is 0 Å². The van der Waals surface area contributed by atoms with Gasteiger partial charge in [-0.15, -0.1) is 0 Å². The molecule has 0 aromatic rings. The molecule has 0 unspecified atom stereocenters. The topological polar surface area (TPSA) is 47.6 Å². The van der Waals surface area contributed by atoms with Gasteiger partial charge in [0.05, 0.1) is 5.84 Å². The molecule has 1 fully saturated rings. The van der Waals surface area contributed by atoms with Crippen molar-refractivity contribution in [1.29, 1.82) is 0 Å². The lowest BCUT2D eigenvalue weighted by molar-refractivity contribution is 0.123. The van der Waals surface area contributed by atoms with Gasteiger partial charge in [0.25, 0.3) is 0 Å². The Morgan fingerprint density at radius 1 is 1.40 bits per heavy atom. The summed E-state index contributed by atoms with van der Waals surface area (Å²) in [7, 11) is 0. The molecule has 0 atom stereocenters. The van der Waals surface area contributed by atoms with Crippen molar-refractivity contribution in [3.05, 3.63) is 0 Å². The lowest BCUT2D eigenvalue weighted by Gasteiger charge is -2.17. The van der Waals surface area contributed by atoms with E-state index in [0.717, 1.165) is 37.9 Å². The monoisotopic (exact) mass is 212 g/mol. The zero-order valence-corrected chi connectivity index (χ0v) is 10.3. The van der Waals surface area contributed by atoms with E-state index in [1.807, 2.05) is 0 Å². The van der Waals surface area contributed by atoms with E-state index < -0.39 is 0 Å². The van der Waals surface area contributed by atoms with Crippen LogP contribution in [-0.2, 0) is 4.74 Å². The zero-order chi connectivity index (χ0) is 11.3. The van der Waals surface area contributed by atoms with Gasteiger partial charge in [0.15, 0.2) is 0 Å². The molecule has 88 valence electrons. The molecule has 0 aliphatic heterocycles. The fourth-order valence-electron chi connectivity index (χ4n) is 1.14. The van der Waals surface area contributed by atoms with E-state index in [-0.39, 0.29) is 5.41 Å². The lowest BCUT2D eigenvalue weighted by atomic mass is 9.95. The van der Waals surface area contributed by atoms with Gasteiger partial charge in [-0.2, -0.15) is 0 Å². The van der Waals surface area contributed by atoms with Crippen molar-refractivity contribution in [3.8, 4) is 0 Å². The summed E-state index contributed by atoms with van der Waals surface area (Å²) in [5, 5.41) is 0. The van der Waals surface area contributed by atoms with Crippen LogP contribution in [0.5, 0.6) is 0 Å². The molecule has 0 bridgehead atoms. The molecule has 1 rings (SSSR count). The second kappa shape index (κ2) is 5.50. The average Bonchev–Trinajstić information content (AvgIpc) is 2.92. The average molecular weight is 212 g/mol. The summed E-state index contributed by atoms with van der Waals surface area (Å²) in [6.07, 6.45) is 3.69. The number of hydrogen-bond donors (Lipinski definition) is 1. The van der Waals surface area contributed by atoms with Crippen LogP contribution >= 0.6 is 0 Å². The molecule has 0 spiro atoms. The van der Waals surface area contributed by atoms with Crippen molar-refractivity contribution >= 4 is 5.84 Å². The predicted molar refractivity (Wildman–Crippen MR) is 64.1 cm³/mol. The quantitative estimate of drug-likeness (QED) is 0.417. The SMILES string of the molecule is CC(C)(C)C(N)=NCCCOCC1CC1. The van der Waals surface area contributed by atoms with Crippen molar-refractivity contribution in [2.24, 2.45) is 22.1 Å². The Hall–Kier alpha value is -0.570. The first-order valence-corrected chi connectivity index (χ1v) is 5.88. The minimum Gasteiger partial charge on any atom is -0.387 e. The highest BCUT2D eigenvalue weighted by Crippen LogP contribution is 2.28. The molecule has 1 aliphatic rings. The highest BCUT2D eigenvalue weighted by atomic mass is 16.5. The van der Waals surface area contributed by atoms with Gasteiger partial charge < -0.3 is 10.5 Å². The Balaban J connectivity index is 1.99. The zero-order valence-electron chi connectivity index (χ0n) is 10.3. The Morgan fingerprint density at radius 3 is 2.60 bits per heavy atom. The fourth-order valence-corrected chi connectivity index (χ4v) is 1.14. The van der Waals surface area contributed by atoms with Crippen LogP contribution in [0, 0.1) is 11.3 Å². The second-order valence-corrected chi connectivity index (χ2v) is 5.39. The van der Waals surface area contributed by atoms with Gasteiger partial charge in [-0.05, 0) is 25.2 Å². The van der Waals surface area contributed by atoms with Crippen LogP contribution in [0.2, 0.25) is 0 Å². The first kappa shape index (κ1) is 12.5. The summed E-state index contributed by atoms with van der Waals surface area (Å²) in [5.41, 5.74) is 5.83. The van der Waals surface area contributed by atoms with Crippen molar-refractivity contribution < 1.29 is 4.74 Å². The van der Waals surface area contributed by atoms with Gasteiger partial charge in [0.1, 0.15) is 0 Å². The molecule has 3 heteroatoms. The third-order valence-electron chi connectivity index (χ3n) is 2.55. The normalized spacial score (nSPS) is 18.2. The molecule has 0 aromatic carbocycles. The number of rotatable bonds is 6. The highest BCUT2D eigenvalue weighted by Gasteiger charge is 2.20. The maximum atomic E-state index is 5.83. The third-order valence-corrected chi connectivity index (χ3v) is 2.55. The molecule has 2 N–H and O–H groups in total. The van der Waals surface area contributed by atoms with Crippen LogP contribution < -0.4 is 5.73 Å². The second-order valence-electron chi connectivity index (χ2n) is 5.39. The van der Waals surface area contributed by atoms with E-state index in [4.69, 9.17) is 10.5 Å². The summed E-state index contributed by atoms with van der Waals surface area (Å²) in [6.45, 7) is 8.78. The molecule has 15 heavy (non-hydrogen) atoms. The number of nitrogens with zero attached hydrogens (tertiary/aromatic N) is 1. The van der Waals surface area contributed by atoms with E-state index in [0.29, 0.717) is 0 Å². The van der Waals surface area contributed by atoms with Crippen LogP contribution in [0.1, 0.15) is 40.0 Å². The van der Waals surface area contributed by atoms with E-state index >= 15 is 0 Å². The minimum absolute atomic E-state index is 0.00509. The fraction of sp³-hybridized carbons (Fsp3) is 0.917. The molecule has 0 heterocycles. The van der Waals surface area contributed by atoms with Crippen molar-refractivity contribution in [2.45, 2.75) is 40.0 Å². The molecule has 0 radical (unpaired) electrons. The minimum atomic E-state index is -0.00509. The van der Waals surface area contributed by atoms with Crippen LogP contribution in [0.25, 0.3) is 0 Å². The number of ether oxygens (including phenoxy) is 1. The third kappa shape index (κ3) is 5.78. The Kier molecular flexibility index (Phi) is 4.58. The summed E-state index contributed by atoms with van der Waals surface area (Å²) < 4.78 is 5.51. The largest absolute Gasteiger partial charge is 0.387 e. The lowest BCUT2D eigenvalue weighted by Crippen LogP contribution is -2.29. The van der Waals surface area contributed by atoms with Crippen LogP contribution in [-0.4, -0.2) is 25.6 Å². The maximum Gasteiger partial charge on any atom is 0.0991 e. The summed E-state index contributed by atoms with van der Waals surface area (Å²) >= 11 is 0. The maximum absolute atomic E-state index is 5.83. The Bertz CT molecular complexity index is 214. The van der Waals surface area contributed by atoms with Gasteiger partial charge in [-0.3, -0.25) is 4.99 Å². The first-order chi connectivity index (χ1) is 7.00. The van der Waals surface area contributed by atoms with E-state index in [1.54, 1.807) is 0 Å². The van der Waals surface area contributed by atoms with Crippen molar-refractivity contribution in [1.82, 2.24) is 0 Å². The molecule has 0 aromatic heterocycles. The van der Waals surface area contributed by atoms with Gasteiger partial charge in [0.2, 0.25) is 0 Å². The van der Waals surface area contributed by atoms with Crippen LogP contribution in [0.3, 0.4) is 0 Å². The van der Waals surface area contributed by atoms with Gasteiger partial charge >= 0.3 is 0 Å². The first-order valence-electron chi connectivity index (χ1n) is 5.88. The predicted octanol–water partition coefficient (Wildman–Crippen LogP) is 2.21. The molecular weight excluding hydrogens is 188 g/mol. The van der Waals surface area contributed by atoms with E-state index in [1.165, 1.54) is 12.8 Å². The summed E-state index contributed by atoms with van der Waals surface area (Å²) in [5.74, 6) is 1.60. The highest BCUT2D eigenvalue weighted by molar-refractivity contribution is 5.85. The van der Waals surface area contributed by atoms with Gasteiger partial charge in [-0.1, -0.05) is 20.8 Å². The van der Waals surface area contributed by atoms with E-state index in [9.17, 15) is 0 Å². The Morgan fingerprint density at radius 2 is 2.07 bits per heavy atom. The number of amidine groups is 1. The van der Waals surface area contributed by atoms with Gasteiger partial charge in [0, 0.05) is 25.2 Å². The molecule has 3 nitrogen and oxygen atoms in total. The van der Waals surface area contributed by atoms with Crippen molar-refractivity contribution in [2.75, 3.05) is 19.8 Å². The summed E-state index contributed by atoms with van der Waals surface area (Å²) in [4.78, 5) is 4.34. The van der Waals surface area contributed by atoms with Crippen LogP contribution in [0.15, 0.2) is 4.99 Å². The standard InChI is InChI=1S/C12H24N2O/c1-12(2,3)11(13)14-7-4-8-15-9-10-5-6-10/h10H,4-9H2,1-3H3,(H2,13,14). The number of nitrogens with two attached hydrogens (primary N) is 1. The molecular formula is C12H24N2O. The molecule has 0 amide bonds. The smallest absolute Gasteiger partial charge is 0.0991 e. The number of aliphatic imine (C=N–C) groups is 1.